The summed E-state index contributed by atoms with van der Waals surface area (Å²) in [6.45, 7) is 1.85. The van der Waals surface area contributed by atoms with Crippen molar-refractivity contribution in [3.05, 3.63) is 77.2 Å². The molecule has 0 saturated carbocycles. The van der Waals surface area contributed by atoms with E-state index >= 15 is 0 Å². The lowest BCUT2D eigenvalue weighted by Gasteiger charge is -2.17. The van der Waals surface area contributed by atoms with Gasteiger partial charge in [-0.2, -0.15) is 0 Å². The lowest BCUT2D eigenvalue weighted by Crippen LogP contribution is -2.17. The zero-order valence-electron chi connectivity index (χ0n) is 13.9. The average Bonchev–Trinajstić information content (AvgIpc) is 2.65. The number of rotatable bonds is 4. The van der Waals surface area contributed by atoms with Gasteiger partial charge in [-0.05, 0) is 36.8 Å². The predicted octanol–water partition coefficient (Wildman–Crippen LogP) is 4.46. The van der Waals surface area contributed by atoms with Crippen molar-refractivity contribution in [2.24, 2.45) is 0 Å². The third kappa shape index (κ3) is 3.78. The van der Waals surface area contributed by atoms with Crippen molar-refractivity contribution in [1.82, 2.24) is 9.97 Å². The van der Waals surface area contributed by atoms with Crippen LogP contribution in [-0.2, 0) is 0 Å². The van der Waals surface area contributed by atoms with E-state index < -0.39 is 0 Å². The molecule has 3 rings (SSSR count). The van der Waals surface area contributed by atoms with E-state index in [0.717, 1.165) is 11.3 Å². The third-order valence-corrected chi connectivity index (χ3v) is 4.28. The van der Waals surface area contributed by atoms with Gasteiger partial charge in [0.25, 0.3) is 5.91 Å². The number of anilines is 3. The standard InChI is InChI=1S/C19H17ClN4O/c1-13-15(20)9-6-10-16(13)23-19(25)17-11-22-18(12-21-17)24(2)14-7-4-3-5-8-14/h3-12H,1-2H3,(H,23,25). The van der Waals surface area contributed by atoms with Crippen LogP contribution >= 0.6 is 11.6 Å². The molecule has 126 valence electrons. The molecule has 0 atom stereocenters. The molecule has 2 aromatic carbocycles. The Hall–Kier alpha value is -2.92. The molecule has 25 heavy (non-hydrogen) atoms. The van der Waals surface area contributed by atoms with E-state index in [-0.39, 0.29) is 11.6 Å². The highest BCUT2D eigenvalue weighted by atomic mass is 35.5. The lowest BCUT2D eigenvalue weighted by molar-refractivity contribution is 0.102. The van der Waals surface area contributed by atoms with Gasteiger partial charge in [0.15, 0.2) is 5.82 Å². The molecule has 1 N–H and O–H groups in total. The monoisotopic (exact) mass is 352 g/mol. The first-order valence-electron chi connectivity index (χ1n) is 7.73. The van der Waals surface area contributed by atoms with Crippen LogP contribution in [-0.4, -0.2) is 22.9 Å². The van der Waals surface area contributed by atoms with Crippen molar-refractivity contribution in [2.45, 2.75) is 6.92 Å². The highest BCUT2D eigenvalue weighted by molar-refractivity contribution is 6.31. The second kappa shape index (κ2) is 7.32. The smallest absolute Gasteiger partial charge is 0.275 e. The van der Waals surface area contributed by atoms with Crippen LogP contribution in [0.5, 0.6) is 0 Å². The molecule has 1 heterocycles. The molecule has 0 aliphatic carbocycles. The molecule has 3 aromatic rings. The summed E-state index contributed by atoms with van der Waals surface area (Å²) in [5.41, 5.74) is 2.70. The van der Waals surface area contributed by atoms with Gasteiger partial charge < -0.3 is 10.2 Å². The van der Waals surface area contributed by atoms with Crippen molar-refractivity contribution >= 4 is 34.7 Å². The zero-order valence-corrected chi connectivity index (χ0v) is 14.7. The Morgan fingerprint density at radius 1 is 1.04 bits per heavy atom. The number of carbonyl (C=O) groups excluding carboxylic acids is 1. The van der Waals surface area contributed by atoms with Gasteiger partial charge in [0.1, 0.15) is 5.69 Å². The quantitative estimate of drug-likeness (QED) is 0.753. The first kappa shape index (κ1) is 16.9. The van der Waals surface area contributed by atoms with E-state index in [9.17, 15) is 4.79 Å². The van der Waals surface area contributed by atoms with E-state index in [1.807, 2.05) is 49.2 Å². The summed E-state index contributed by atoms with van der Waals surface area (Å²) in [6.07, 6.45) is 3.04. The van der Waals surface area contributed by atoms with E-state index in [1.165, 1.54) is 6.20 Å². The van der Waals surface area contributed by atoms with E-state index in [1.54, 1.807) is 24.4 Å². The number of benzene rings is 2. The molecule has 5 nitrogen and oxygen atoms in total. The number of hydrogen-bond acceptors (Lipinski definition) is 4. The second-order valence-corrected chi connectivity index (χ2v) is 5.93. The Morgan fingerprint density at radius 2 is 1.80 bits per heavy atom. The summed E-state index contributed by atoms with van der Waals surface area (Å²) in [6, 6.07) is 15.2. The number of hydrogen-bond donors (Lipinski definition) is 1. The predicted molar refractivity (Wildman–Crippen MR) is 101 cm³/mol. The van der Waals surface area contributed by atoms with Gasteiger partial charge >= 0.3 is 0 Å². The van der Waals surface area contributed by atoms with E-state index in [4.69, 9.17) is 11.6 Å². The average molecular weight is 353 g/mol. The maximum absolute atomic E-state index is 12.4. The van der Waals surface area contributed by atoms with Crippen LogP contribution in [0.3, 0.4) is 0 Å². The minimum atomic E-state index is -0.327. The van der Waals surface area contributed by atoms with Crippen LogP contribution in [0, 0.1) is 6.92 Å². The summed E-state index contributed by atoms with van der Waals surface area (Å²) in [5, 5.41) is 3.41. The van der Waals surface area contributed by atoms with Crippen LogP contribution in [0.25, 0.3) is 0 Å². The second-order valence-electron chi connectivity index (χ2n) is 5.52. The summed E-state index contributed by atoms with van der Waals surface area (Å²) in [5.74, 6) is 0.327. The number of carbonyl (C=O) groups is 1. The Labute approximate surface area is 151 Å². The highest BCUT2D eigenvalue weighted by Gasteiger charge is 2.12. The first-order valence-corrected chi connectivity index (χ1v) is 8.11. The maximum Gasteiger partial charge on any atom is 0.275 e. The maximum atomic E-state index is 12.4. The molecule has 0 aliphatic rings. The zero-order chi connectivity index (χ0) is 17.8. The van der Waals surface area contributed by atoms with Crippen molar-refractivity contribution in [3.63, 3.8) is 0 Å². The fourth-order valence-electron chi connectivity index (χ4n) is 2.32. The molecule has 0 spiro atoms. The molecular formula is C19H17ClN4O. The molecular weight excluding hydrogens is 336 g/mol. The van der Waals surface area contributed by atoms with Gasteiger partial charge in [0.2, 0.25) is 0 Å². The Balaban J connectivity index is 1.76. The number of para-hydroxylation sites is 1. The Morgan fingerprint density at radius 3 is 2.48 bits per heavy atom. The Kier molecular flexibility index (Phi) is 4.95. The number of amides is 1. The molecule has 0 saturated heterocycles. The van der Waals surface area contributed by atoms with Gasteiger partial charge in [-0.15, -0.1) is 0 Å². The number of nitrogens with zero attached hydrogens (tertiary/aromatic N) is 3. The van der Waals surface area contributed by atoms with Crippen molar-refractivity contribution in [2.75, 3.05) is 17.3 Å². The first-order chi connectivity index (χ1) is 12.1. The molecule has 0 unspecified atom stereocenters. The minimum Gasteiger partial charge on any atom is -0.328 e. The summed E-state index contributed by atoms with van der Waals surface area (Å²) in [7, 11) is 1.90. The van der Waals surface area contributed by atoms with Crippen LogP contribution in [0.2, 0.25) is 5.02 Å². The van der Waals surface area contributed by atoms with Crippen molar-refractivity contribution < 1.29 is 4.79 Å². The number of aromatic nitrogens is 2. The summed E-state index contributed by atoms with van der Waals surface area (Å²) < 4.78 is 0. The summed E-state index contributed by atoms with van der Waals surface area (Å²) >= 11 is 6.07. The van der Waals surface area contributed by atoms with Gasteiger partial charge in [-0.25, -0.2) is 9.97 Å². The molecule has 1 aromatic heterocycles. The molecule has 0 radical (unpaired) electrons. The van der Waals surface area contributed by atoms with Gasteiger partial charge in [0.05, 0.1) is 12.4 Å². The SMILES string of the molecule is Cc1c(Cl)cccc1NC(=O)c1cnc(N(C)c2ccccc2)cn1. The molecule has 1 amide bonds. The number of halogens is 1. The minimum absolute atomic E-state index is 0.240. The van der Waals surface area contributed by atoms with Crippen LogP contribution in [0.15, 0.2) is 60.9 Å². The molecule has 0 fully saturated rings. The fourth-order valence-corrected chi connectivity index (χ4v) is 2.50. The largest absolute Gasteiger partial charge is 0.328 e. The van der Waals surface area contributed by atoms with Crippen LogP contribution < -0.4 is 10.2 Å². The van der Waals surface area contributed by atoms with Crippen LogP contribution in [0.1, 0.15) is 16.1 Å². The van der Waals surface area contributed by atoms with Gasteiger partial charge in [-0.3, -0.25) is 4.79 Å². The van der Waals surface area contributed by atoms with E-state index in [0.29, 0.717) is 16.5 Å². The van der Waals surface area contributed by atoms with Gasteiger partial charge in [-0.1, -0.05) is 35.9 Å². The lowest BCUT2D eigenvalue weighted by atomic mass is 10.2. The molecule has 0 bridgehead atoms. The third-order valence-electron chi connectivity index (χ3n) is 3.87. The van der Waals surface area contributed by atoms with E-state index in [2.05, 4.69) is 15.3 Å². The molecule has 0 aliphatic heterocycles. The normalized spacial score (nSPS) is 10.4. The van der Waals surface area contributed by atoms with Crippen LogP contribution in [0.4, 0.5) is 17.2 Å². The van der Waals surface area contributed by atoms with Crippen molar-refractivity contribution in [3.8, 4) is 0 Å². The summed E-state index contributed by atoms with van der Waals surface area (Å²) in [4.78, 5) is 22.8. The van der Waals surface area contributed by atoms with Crippen molar-refractivity contribution in [1.29, 1.82) is 0 Å². The Bertz CT molecular complexity index is 882. The molecule has 6 heteroatoms. The van der Waals surface area contributed by atoms with Gasteiger partial charge in [0, 0.05) is 23.4 Å². The highest BCUT2D eigenvalue weighted by Crippen LogP contribution is 2.24. The topological polar surface area (TPSA) is 58.1 Å². The number of nitrogens with one attached hydrogen (secondary N) is 1. The fraction of sp³-hybridized carbons (Fsp3) is 0.105.